The number of para-hydroxylation sites is 3. The number of hydrogen-bond acceptors (Lipinski definition) is 2. The van der Waals surface area contributed by atoms with Crippen molar-refractivity contribution in [3.8, 4) is 11.1 Å². The van der Waals surface area contributed by atoms with Gasteiger partial charge in [-0.05, 0) is 86.6 Å². The Balaban J connectivity index is 1.27. The van der Waals surface area contributed by atoms with Gasteiger partial charge in [0.15, 0.2) is 5.58 Å². The van der Waals surface area contributed by atoms with Gasteiger partial charge in [-0.25, -0.2) is 0 Å². The average molecular weight is 566 g/mol. The molecule has 1 aliphatic carbocycles. The van der Waals surface area contributed by atoms with Gasteiger partial charge in [-0.15, -0.1) is 0 Å². The molecule has 0 atom stereocenters. The summed E-state index contributed by atoms with van der Waals surface area (Å²) in [6.07, 6.45) is 0. The Labute approximate surface area is 256 Å². The van der Waals surface area contributed by atoms with Gasteiger partial charge in [0.1, 0.15) is 5.58 Å². The maximum absolute atomic E-state index is 6.64. The molecule has 210 valence electrons. The molecule has 0 fully saturated rings. The van der Waals surface area contributed by atoms with Crippen molar-refractivity contribution in [3.05, 3.63) is 150 Å². The molecule has 0 N–H and O–H groups in total. The summed E-state index contributed by atoms with van der Waals surface area (Å²) >= 11 is 0. The van der Waals surface area contributed by atoms with Crippen molar-refractivity contribution in [3.63, 3.8) is 0 Å². The Morgan fingerprint density at radius 3 is 1.93 bits per heavy atom. The summed E-state index contributed by atoms with van der Waals surface area (Å²) in [6, 6.07) is 48.4. The van der Waals surface area contributed by atoms with E-state index in [0.29, 0.717) is 0 Å². The van der Waals surface area contributed by atoms with Crippen LogP contribution in [0.15, 0.2) is 138 Å². The molecule has 0 bridgehead atoms. The van der Waals surface area contributed by atoms with Crippen LogP contribution in [0.5, 0.6) is 0 Å². The maximum atomic E-state index is 6.64. The summed E-state index contributed by atoms with van der Waals surface area (Å²) < 4.78 is 6.64. The van der Waals surface area contributed by atoms with E-state index in [9.17, 15) is 0 Å². The van der Waals surface area contributed by atoms with Gasteiger partial charge >= 0.3 is 0 Å². The van der Waals surface area contributed by atoms with Crippen LogP contribution >= 0.6 is 0 Å². The van der Waals surface area contributed by atoms with Crippen molar-refractivity contribution in [1.29, 1.82) is 0 Å². The highest BCUT2D eigenvalue weighted by Gasteiger charge is 2.38. The van der Waals surface area contributed by atoms with Gasteiger partial charge < -0.3 is 9.32 Å². The monoisotopic (exact) mass is 565 g/mol. The fourth-order valence-corrected chi connectivity index (χ4v) is 7.78. The number of aryl methyl sites for hydroxylation is 1. The number of rotatable bonds is 3. The maximum Gasteiger partial charge on any atom is 0.159 e. The molecule has 8 aromatic rings. The van der Waals surface area contributed by atoms with E-state index in [2.05, 4.69) is 159 Å². The van der Waals surface area contributed by atoms with Gasteiger partial charge in [0.2, 0.25) is 0 Å². The fourth-order valence-electron chi connectivity index (χ4n) is 7.78. The first kappa shape index (κ1) is 25.2. The van der Waals surface area contributed by atoms with Crippen LogP contribution in [-0.4, -0.2) is 0 Å². The Morgan fingerprint density at radius 2 is 1.14 bits per heavy atom. The summed E-state index contributed by atoms with van der Waals surface area (Å²) in [6.45, 7) is 6.89. The summed E-state index contributed by atoms with van der Waals surface area (Å²) in [5, 5.41) is 7.47. The zero-order valence-corrected chi connectivity index (χ0v) is 25.1. The summed E-state index contributed by atoms with van der Waals surface area (Å²) in [7, 11) is 0. The fraction of sp³-hybridized carbons (Fsp3) is 0.0952. The van der Waals surface area contributed by atoms with Gasteiger partial charge in [0, 0.05) is 27.6 Å². The van der Waals surface area contributed by atoms with Crippen LogP contribution in [0.1, 0.15) is 30.5 Å². The molecule has 0 spiro atoms. The molecular weight excluding hydrogens is 534 g/mol. The van der Waals surface area contributed by atoms with E-state index in [1.54, 1.807) is 0 Å². The molecule has 0 saturated heterocycles. The minimum Gasteiger partial charge on any atom is -0.454 e. The lowest BCUT2D eigenvalue weighted by Crippen LogP contribution is -2.16. The average Bonchev–Trinajstić information content (AvgIpc) is 3.56. The van der Waals surface area contributed by atoms with Crippen molar-refractivity contribution in [2.75, 3.05) is 4.90 Å². The third kappa shape index (κ3) is 3.43. The zero-order chi connectivity index (χ0) is 29.6. The van der Waals surface area contributed by atoms with Gasteiger partial charge in [0.25, 0.3) is 0 Å². The molecule has 44 heavy (non-hydrogen) atoms. The number of hydrogen-bond donors (Lipinski definition) is 0. The van der Waals surface area contributed by atoms with Gasteiger partial charge in [-0.3, -0.25) is 0 Å². The van der Waals surface area contributed by atoms with Crippen LogP contribution in [0.3, 0.4) is 0 Å². The quantitative estimate of drug-likeness (QED) is 0.212. The summed E-state index contributed by atoms with van der Waals surface area (Å²) in [5.41, 5.74) is 11.6. The highest BCUT2D eigenvalue weighted by atomic mass is 16.3. The van der Waals surface area contributed by atoms with Crippen molar-refractivity contribution in [1.82, 2.24) is 0 Å². The first-order valence-corrected chi connectivity index (χ1v) is 15.4. The molecule has 0 saturated carbocycles. The minimum absolute atomic E-state index is 0.122. The predicted octanol–water partition coefficient (Wildman–Crippen LogP) is 12.0. The van der Waals surface area contributed by atoms with Crippen LogP contribution in [0.2, 0.25) is 0 Å². The highest BCUT2D eigenvalue weighted by molar-refractivity contribution is 6.11. The van der Waals surface area contributed by atoms with Gasteiger partial charge in [0.05, 0.1) is 5.69 Å². The van der Waals surface area contributed by atoms with E-state index < -0.39 is 0 Å². The zero-order valence-electron chi connectivity index (χ0n) is 25.1. The molecular formula is C42H31NO. The number of nitrogens with zero attached hydrogens (tertiary/aromatic N) is 1. The highest BCUT2D eigenvalue weighted by Crippen LogP contribution is 2.54. The molecule has 0 amide bonds. The first-order chi connectivity index (χ1) is 21.5. The van der Waals surface area contributed by atoms with Crippen molar-refractivity contribution in [2.24, 2.45) is 0 Å². The van der Waals surface area contributed by atoms with Crippen molar-refractivity contribution in [2.45, 2.75) is 26.2 Å². The second kappa shape index (κ2) is 9.08. The Morgan fingerprint density at radius 1 is 0.500 bits per heavy atom. The molecule has 2 nitrogen and oxygen atoms in total. The third-order valence-corrected chi connectivity index (χ3v) is 9.69. The lowest BCUT2D eigenvalue weighted by Gasteiger charge is -2.27. The van der Waals surface area contributed by atoms with Crippen LogP contribution in [0.4, 0.5) is 17.1 Å². The van der Waals surface area contributed by atoms with E-state index in [1.807, 2.05) is 0 Å². The molecule has 9 rings (SSSR count). The Kier molecular flexibility index (Phi) is 5.20. The molecule has 2 heteroatoms. The van der Waals surface area contributed by atoms with E-state index in [-0.39, 0.29) is 5.41 Å². The van der Waals surface area contributed by atoms with E-state index >= 15 is 0 Å². The Bertz CT molecular complexity index is 2430. The van der Waals surface area contributed by atoms with Crippen molar-refractivity contribution >= 4 is 60.5 Å². The van der Waals surface area contributed by atoms with Crippen LogP contribution < -0.4 is 4.90 Å². The predicted molar refractivity (Wildman–Crippen MR) is 186 cm³/mol. The second-order valence-electron chi connectivity index (χ2n) is 12.6. The van der Waals surface area contributed by atoms with E-state index in [0.717, 1.165) is 44.6 Å². The second-order valence-corrected chi connectivity index (χ2v) is 12.6. The van der Waals surface area contributed by atoms with Crippen LogP contribution in [-0.2, 0) is 5.41 Å². The lowest BCUT2D eigenvalue weighted by atomic mass is 9.78. The normalized spacial score (nSPS) is 13.5. The lowest BCUT2D eigenvalue weighted by molar-refractivity contribution is 0.666. The van der Waals surface area contributed by atoms with Crippen LogP contribution in [0.25, 0.3) is 54.6 Å². The van der Waals surface area contributed by atoms with E-state index in [1.165, 1.54) is 43.8 Å². The number of furan rings is 1. The molecule has 0 unspecified atom stereocenters. The largest absolute Gasteiger partial charge is 0.454 e. The molecule has 0 radical (unpaired) electrons. The number of benzene rings is 7. The van der Waals surface area contributed by atoms with Gasteiger partial charge in [-0.2, -0.15) is 0 Å². The van der Waals surface area contributed by atoms with Crippen molar-refractivity contribution < 1.29 is 4.42 Å². The van der Waals surface area contributed by atoms with Gasteiger partial charge in [-0.1, -0.05) is 117 Å². The third-order valence-electron chi connectivity index (χ3n) is 9.69. The SMILES string of the molecule is Cc1cccc2c1oc1c(N(c3ccccc3)c3ccc4c5c(ccc4c3)-c3ccc4ccccc4c3C5(C)C)cccc12. The number of anilines is 3. The summed E-state index contributed by atoms with van der Waals surface area (Å²) in [4.78, 5) is 2.33. The molecule has 0 aliphatic heterocycles. The molecule has 1 aliphatic rings. The van der Waals surface area contributed by atoms with Crippen LogP contribution in [0, 0.1) is 6.92 Å². The molecule has 1 aromatic heterocycles. The number of fused-ring (bicyclic) bond motifs is 10. The summed E-state index contributed by atoms with van der Waals surface area (Å²) in [5.74, 6) is 0. The first-order valence-electron chi connectivity index (χ1n) is 15.4. The topological polar surface area (TPSA) is 16.4 Å². The molecule has 7 aromatic carbocycles. The standard InChI is InChI=1S/C42H31NO/c1-26-11-9-16-35-36-17-10-18-37(41(36)44-40(26)35)43(29-13-5-4-6-14-29)30-21-24-32-28(25-30)20-23-34-33-22-19-27-12-7-8-15-31(27)38(33)42(2,3)39(32)34/h4-25H,1-3H3. The van der Waals surface area contributed by atoms with E-state index in [4.69, 9.17) is 4.42 Å². The smallest absolute Gasteiger partial charge is 0.159 e. The molecule has 1 heterocycles. The Hall–Kier alpha value is -5.34. The minimum atomic E-state index is -0.122.